The number of imide groups is 1. The van der Waals surface area contributed by atoms with E-state index in [4.69, 9.17) is 49.5 Å². The van der Waals surface area contributed by atoms with E-state index in [2.05, 4.69) is 5.32 Å². The van der Waals surface area contributed by atoms with Gasteiger partial charge in [-0.15, -0.1) is 0 Å². The van der Waals surface area contributed by atoms with Gasteiger partial charge in [0.1, 0.15) is 0 Å². The van der Waals surface area contributed by atoms with Crippen molar-refractivity contribution in [3.8, 4) is 0 Å². The van der Waals surface area contributed by atoms with Gasteiger partial charge < -0.3 is 38.1 Å². The van der Waals surface area contributed by atoms with Gasteiger partial charge in [0.25, 0.3) is 11.8 Å². The number of carbonyl (C=O) groups excluding carboxylic acids is 2. The Kier molecular flexibility index (Phi) is 7.45. The number of nitrogens with two attached hydrogens (primary N) is 4. The van der Waals surface area contributed by atoms with Crippen molar-refractivity contribution in [1.29, 1.82) is 0 Å². The molecule has 0 unspecified atom stereocenters. The molecule has 1 aromatic heterocycles. The van der Waals surface area contributed by atoms with Gasteiger partial charge >= 0.3 is 0 Å². The molecule has 3 aliphatic heterocycles. The Hall–Kier alpha value is -3.88. The van der Waals surface area contributed by atoms with Crippen LogP contribution in [0, 0.1) is 6.92 Å². The lowest BCUT2D eigenvalue weighted by atomic mass is 10.0. The lowest BCUT2D eigenvalue weighted by Gasteiger charge is -2.37. The van der Waals surface area contributed by atoms with Gasteiger partial charge in [-0.25, -0.2) is 4.90 Å². The predicted molar refractivity (Wildman–Crippen MR) is 162 cm³/mol. The van der Waals surface area contributed by atoms with E-state index in [9.17, 15) is 9.59 Å². The van der Waals surface area contributed by atoms with Crippen LogP contribution in [0.4, 0.5) is 29.2 Å². The smallest absolute Gasteiger partial charge is 0.266 e. The number of halogens is 1. The molecule has 13 nitrogen and oxygen atoms in total. The fourth-order valence-corrected chi connectivity index (χ4v) is 6.09. The summed E-state index contributed by atoms with van der Waals surface area (Å²) < 4.78 is 0. The SMILES string of the molecule is Cc1cc(Nc2nc(N3C[C@H](N)C[C@H](N)C3)nc(N3C[C@H](N)C[C@H](N)C3)n2)ccc1N1C(=O)c2ccc(Cl)cc2C1=O. The van der Waals surface area contributed by atoms with Crippen LogP contribution in [-0.4, -0.2) is 77.1 Å². The van der Waals surface area contributed by atoms with Crippen LogP contribution in [0.25, 0.3) is 0 Å². The Morgan fingerprint density at radius 2 is 1.31 bits per heavy atom. The minimum Gasteiger partial charge on any atom is -0.338 e. The number of nitrogens with one attached hydrogen (secondary N) is 1. The molecule has 9 N–H and O–H groups in total. The number of benzene rings is 2. The van der Waals surface area contributed by atoms with E-state index in [0.29, 0.717) is 71.5 Å². The third kappa shape index (κ3) is 5.49. The Balaban J connectivity index is 1.30. The third-order valence-electron chi connectivity index (χ3n) is 7.75. The van der Waals surface area contributed by atoms with E-state index in [-0.39, 0.29) is 29.7 Å². The first-order valence-electron chi connectivity index (χ1n) is 13.9. The first kappa shape index (κ1) is 28.2. The number of anilines is 5. The van der Waals surface area contributed by atoms with Gasteiger partial charge in [0.05, 0.1) is 16.8 Å². The second-order valence-corrected chi connectivity index (χ2v) is 11.8. The van der Waals surface area contributed by atoms with E-state index in [1.165, 1.54) is 11.0 Å². The molecule has 3 aromatic rings. The molecule has 0 radical (unpaired) electrons. The minimum atomic E-state index is -0.413. The lowest BCUT2D eigenvalue weighted by molar-refractivity contribution is 0.0926. The highest BCUT2D eigenvalue weighted by atomic mass is 35.5. The number of amides is 2. The zero-order chi connectivity index (χ0) is 29.7. The molecular formula is C28H34ClN11O2. The quantitative estimate of drug-likeness (QED) is 0.265. The van der Waals surface area contributed by atoms with Crippen LogP contribution >= 0.6 is 11.6 Å². The van der Waals surface area contributed by atoms with Crippen LogP contribution < -0.4 is 43.0 Å². The molecule has 0 bridgehead atoms. The second kappa shape index (κ2) is 11.1. The van der Waals surface area contributed by atoms with E-state index in [0.717, 1.165) is 12.8 Å². The van der Waals surface area contributed by atoms with Crippen molar-refractivity contribution in [2.75, 3.05) is 46.2 Å². The topological polar surface area (TPSA) is 199 Å². The molecule has 3 aliphatic rings. The number of carbonyl (C=O) groups is 2. The normalized spacial score (nSPS) is 24.3. The van der Waals surface area contributed by atoms with Gasteiger partial charge in [-0.3, -0.25) is 9.59 Å². The molecule has 2 saturated heterocycles. The average molecular weight is 592 g/mol. The van der Waals surface area contributed by atoms with E-state index < -0.39 is 11.8 Å². The number of hydrogen-bond donors (Lipinski definition) is 5. The number of aromatic nitrogens is 3. The van der Waals surface area contributed by atoms with Crippen LogP contribution in [0.15, 0.2) is 36.4 Å². The highest BCUT2D eigenvalue weighted by Crippen LogP contribution is 2.34. The van der Waals surface area contributed by atoms with Crippen LogP contribution in [-0.2, 0) is 0 Å². The Bertz CT molecular complexity index is 1490. The number of aryl methyl sites for hydroxylation is 1. The maximum atomic E-state index is 13.1. The molecule has 2 amide bonds. The number of fused-ring (bicyclic) bond motifs is 1. The molecular weight excluding hydrogens is 558 g/mol. The van der Waals surface area contributed by atoms with Crippen molar-refractivity contribution in [3.63, 3.8) is 0 Å². The number of rotatable bonds is 5. The lowest BCUT2D eigenvalue weighted by Crippen LogP contribution is -2.54. The highest BCUT2D eigenvalue weighted by Gasteiger charge is 2.37. The maximum absolute atomic E-state index is 13.1. The molecule has 220 valence electrons. The average Bonchev–Trinajstić information content (AvgIpc) is 3.16. The van der Waals surface area contributed by atoms with Gasteiger partial charge in [0, 0.05) is 61.1 Å². The van der Waals surface area contributed by atoms with Gasteiger partial charge in [-0.2, -0.15) is 15.0 Å². The van der Waals surface area contributed by atoms with Gasteiger partial charge in [-0.05, 0) is 61.7 Å². The predicted octanol–water partition coefficient (Wildman–Crippen LogP) is 1.11. The molecule has 2 aromatic carbocycles. The molecule has 2 fully saturated rings. The second-order valence-electron chi connectivity index (χ2n) is 11.3. The highest BCUT2D eigenvalue weighted by molar-refractivity contribution is 6.36. The van der Waals surface area contributed by atoms with E-state index in [1.54, 1.807) is 24.3 Å². The van der Waals surface area contributed by atoms with Crippen molar-refractivity contribution in [2.24, 2.45) is 22.9 Å². The molecule has 4 heterocycles. The van der Waals surface area contributed by atoms with Crippen LogP contribution in [0.3, 0.4) is 0 Å². The number of hydrogen-bond acceptors (Lipinski definition) is 12. The Morgan fingerprint density at radius 3 is 1.86 bits per heavy atom. The fraction of sp³-hybridized carbons (Fsp3) is 0.393. The van der Waals surface area contributed by atoms with Crippen LogP contribution in [0.5, 0.6) is 0 Å². The minimum absolute atomic E-state index is 0.101. The summed E-state index contributed by atoms with van der Waals surface area (Å²) in [6, 6.07) is 9.59. The molecule has 6 rings (SSSR count). The summed E-state index contributed by atoms with van der Waals surface area (Å²) >= 11 is 6.07. The molecule has 4 atom stereocenters. The summed E-state index contributed by atoms with van der Waals surface area (Å²) in [6.07, 6.45) is 1.45. The summed E-state index contributed by atoms with van der Waals surface area (Å²) in [5, 5.41) is 3.66. The molecule has 14 heteroatoms. The summed E-state index contributed by atoms with van der Waals surface area (Å²) in [5.41, 5.74) is 27.5. The molecule has 0 aliphatic carbocycles. The molecule has 42 heavy (non-hydrogen) atoms. The summed E-state index contributed by atoms with van der Waals surface area (Å²) in [5.74, 6) is 0.428. The molecule has 0 spiro atoms. The fourth-order valence-electron chi connectivity index (χ4n) is 5.92. The molecule has 0 saturated carbocycles. The van der Waals surface area contributed by atoms with Gasteiger partial charge in [-0.1, -0.05) is 11.6 Å². The van der Waals surface area contributed by atoms with Crippen molar-refractivity contribution in [2.45, 2.75) is 43.9 Å². The largest absolute Gasteiger partial charge is 0.338 e. The van der Waals surface area contributed by atoms with Crippen molar-refractivity contribution in [3.05, 3.63) is 58.1 Å². The van der Waals surface area contributed by atoms with E-state index >= 15 is 0 Å². The van der Waals surface area contributed by atoms with Crippen LogP contribution in [0.1, 0.15) is 39.1 Å². The number of piperidine rings is 2. The third-order valence-corrected chi connectivity index (χ3v) is 7.99. The first-order valence-corrected chi connectivity index (χ1v) is 14.3. The zero-order valence-corrected chi connectivity index (χ0v) is 24.0. The Morgan fingerprint density at radius 1 is 0.762 bits per heavy atom. The summed E-state index contributed by atoms with van der Waals surface area (Å²) in [7, 11) is 0. The van der Waals surface area contributed by atoms with Crippen molar-refractivity contribution < 1.29 is 9.59 Å². The van der Waals surface area contributed by atoms with Crippen molar-refractivity contribution in [1.82, 2.24) is 15.0 Å². The van der Waals surface area contributed by atoms with Gasteiger partial charge in [0.2, 0.25) is 17.8 Å². The summed E-state index contributed by atoms with van der Waals surface area (Å²) in [4.78, 5) is 45.5. The number of nitrogens with zero attached hydrogens (tertiary/aromatic N) is 6. The monoisotopic (exact) mass is 591 g/mol. The Labute approximate surface area is 248 Å². The maximum Gasteiger partial charge on any atom is 0.266 e. The summed E-state index contributed by atoms with van der Waals surface area (Å²) in [6.45, 7) is 4.09. The standard InChI is InChI=1S/C28H34ClN11O2/c1-14-6-20(3-5-23(14)40-24(41)21-4-2-15(29)7-22(21)25(40)42)34-26-35-27(38-10-16(30)8-17(31)11-38)37-28(36-26)39-12-18(32)9-19(33)13-39/h2-7,16-19H,8-13,30-33H2,1H3,(H,34,35,36,37)/t16-,17+,18-,19+. The van der Waals surface area contributed by atoms with E-state index in [1.807, 2.05) is 22.8 Å². The first-order chi connectivity index (χ1) is 20.0. The van der Waals surface area contributed by atoms with Crippen LogP contribution in [0.2, 0.25) is 5.02 Å². The zero-order valence-electron chi connectivity index (χ0n) is 23.2. The van der Waals surface area contributed by atoms with Gasteiger partial charge in [0.15, 0.2) is 0 Å². The van der Waals surface area contributed by atoms with Crippen molar-refractivity contribution >= 4 is 52.6 Å².